The lowest BCUT2D eigenvalue weighted by Crippen LogP contribution is -2.30. The molecule has 1 fully saturated rings. The van der Waals surface area contributed by atoms with Crippen LogP contribution in [0.25, 0.3) is 0 Å². The van der Waals surface area contributed by atoms with Crippen molar-refractivity contribution in [3.8, 4) is 0 Å². The molecule has 0 aromatic carbocycles. The van der Waals surface area contributed by atoms with Crippen LogP contribution in [0.3, 0.4) is 0 Å². The maximum atomic E-state index is 5.31. The molecule has 0 aliphatic carbocycles. The van der Waals surface area contributed by atoms with Gasteiger partial charge in [0.2, 0.25) is 0 Å². The van der Waals surface area contributed by atoms with E-state index in [1.54, 1.807) is 0 Å². The Balaban J connectivity index is 1.96. The summed E-state index contributed by atoms with van der Waals surface area (Å²) in [7, 11) is 0. The monoisotopic (exact) mass is 157 g/mol. The summed E-state index contributed by atoms with van der Waals surface area (Å²) in [5.41, 5.74) is 0. The van der Waals surface area contributed by atoms with Crippen LogP contribution in [0.2, 0.25) is 0 Å². The highest BCUT2D eigenvalue weighted by atomic mass is 16.5. The fraction of sp³-hybridized carbons (Fsp3) is 1.00. The highest BCUT2D eigenvalue weighted by molar-refractivity contribution is 4.68. The Labute approximate surface area is 69.3 Å². The topological polar surface area (TPSA) is 21.3 Å². The van der Waals surface area contributed by atoms with Gasteiger partial charge in [0, 0.05) is 13.2 Å². The first-order valence-corrected chi connectivity index (χ1v) is 4.72. The standard InChI is InChI=1S/C9H19NO/c1-2-11-7-5-9-4-3-6-10-8-9/h9-10H,2-8H2,1H3/t9-/m1/s1. The van der Waals surface area contributed by atoms with Crippen LogP contribution in [0.5, 0.6) is 0 Å². The van der Waals surface area contributed by atoms with E-state index in [1.807, 2.05) is 0 Å². The molecule has 0 saturated carbocycles. The summed E-state index contributed by atoms with van der Waals surface area (Å²) in [6.07, 6.45) is 3.97. The molecule has 0 radical (unpaired) electrons. The summed E-state index contributed by atoms with van der Waals surface area (Å²) in [5.74, 6) is 0.871. The van der Waals surface area contributed by atoms with Crippen LogP contribution in [-0.2, 0) is 4.74 Å². The summed E-state index contributed by atoms with van der Waals surface area (Å²) >= 11 is 0. The van der Waals surface area contributed by atoms with E-state index in [0.717, 1.165) is 19.1 Å². The number of nitrogens with one attached hydrogen (secondary N) is 1. The van der Waals surface area contributed by atoms with Gasteiger partial charge in [-0.1, -0.05) is 0 Å². The van der Waals surface area contributed by atoms with Crippen LogP contribution in [0, 0.1) is 5.92 Å². The Hall–Kier alpha value is -0.0800. The first-order valence-electron chi connectivity index (χ1n) is 4.72. The van der Waals surface area contributed by atoms with Crippen LogP contribution in [0.1, 0.15) is 26.2 Å². The van der Waals surface area contributed by atoms with Crippen molar-refractivity contribution in [2.45, 2.75) is 26.2 Å². The minimum Gasteiger partial charge on any atom is -0.382 e. The molecule has 0 unspecified atom stereocenters. The second kappa shape index (κ2) is 5.56. The van der Waals surface area contributed by atoms with Crippen molar-refractivity contribution in [1.29, 1.82) is 0 Å². The predicted molar refractivity (Wildman–Crippen MR) is 46.7 cm³/mol. The molecule has 1 atom stereocenters. The van der Waals surface area contributed by atoms with Crippen LogP contribution < -0.4 is 5.32 Å². The van der Waals surface area contributed by atoms with Gasteiger partial charge in [-0.25, -0.2) is 0 Å². The number of hydrogen-bond acceptors (Lipinski definition) is 2. The van der Waals surface area contributed by atoms with Crippen molar-refractivity contribution in [3.05, 3.63) is 0 Å². The normalized spacial score (nSPS) is 25.4. The first kappa shape index (κ1) is 9.01. The predicted octanol–water partition coefficient (Wildman–Crippen LogP) is 1.41. The number of ether oxygens (including phenoxy) is 1. The van der Waals surface area contributed by atoms with Gasteiger partial charge in [-0.15, -0.1) is 0 Å². The summed E-state index contributed by atoms with van der Waals surface area (Å²) in [6.45, 7) is 6.28. The second-order valence-corrected chi connectivity index (χ2v) is 3.20. The Morgan fingerprint density at radius 3 is 3.09 bits per heavy atom. The summed E-state index contributed by atoms with van der Waals surface area (Å²) in [4.78, 5) is 0. The largest absolute Gasteiger partial charge is 0.382 e. The molecular formula is C9H19NO. The van der Waals surface area contributed by atoms with Gasteiger partial charge >= 0.3 is 0 Å². The Morgan fingerprint density at radius 2 is 2.45 bits per heavy atom. The van der Waals surface area contributed by atoms with Gasteiger partial charge in [0.25, 0.3) is 0 Å². The SMILES string of the molecule is CCOCC[C@H]1CCCNC1. The lowest BCUT2D eigenvalue weighted by Gasteiger charge is -2.22. The van der Waals surface area contributed by atoms with Gasteiger partial charge in [0.05, 0.1) is 0 Å². The van der Waals surface area contributed by atoms with Crippen molar-refractivity contribution >= 4 is 0 Å². The van der Waals surface area contributed by atoms with E-state index in [0.29, 0.717) is 0 Å². The van der Waals surface area contributed by atoms with Gasteiger partial charge in [-0.3, -0.25) is 0 Å². The molecular weight excluding hydrogens is 138 g/mol. The molecule has 2 heteroatoms. The van der Waals surface area contributed by atoms with E-state index < -0.39 is 0 Å². The Bertz CT molecular complexity index is 89.6. The molecule has 66 valence electrons. The lowest BCUT2D eigenvalue weighted by atomic mass is 9.97. The van der Waals surface area contributed by atoms with Crippen LogP contribution in [0.15, 0.2) is 0 Å². The third-order valence-electron chi connectivity index (χ3n) is 2.27. The third-order valence-corrected chi connectivity index (χ3v) is 2.27. The lowest BCUT2D eigenvalue weighted by molar-refractivity contribution is 0.127. The van der Waals surface area contributed by atoms with E-state index in [4.69, 9.17) is 4.74 Å². The molecule has 0 amide bonds. The maximum absolute atomic E-state index is 5.31. The van der Waals surface area contributed by atoms with Gasteiger partial charge in [-0.05, 0) is 45.2 Å². The Morgan fingerprint density at radius 1 is 1.55 bits per heavy atom. The molecule has 0 aromatic rings. The zero-order valence-electron chi connectivity index (χ0n) is 7.44. The van der Waals surface area contributed by atoms with Crippen molar-refractivity contribution in [1.82, 2.24) is 5.32 Å². The van der Waals surface area contributed by atoms with E-state index in [-0.39, 0.29) is 0 Å². The Kier molecular flexibility index (Phi) is 4.55. The number of piperidine rings is 1. The third kappa shape index (κ3) is 3.73. The zero-order chi connectivity index (χ0) is 7.94. The molecule has 1 saturated heterocycles. The molecule has 0 bridgehead atoms. The molecule has 1 aliphatic heterocycles. The molecule has 2 nitrogen and oxygen atoms in total. The highest BCUT2D eigenvalue weighted by Crippen LogP contribution is 2.13. The summed E-state index contributed by atoms with van der Waals surface area (Å²) in [5, 5.41) is 3.41. The minimum absolute atomic E-state index is 0.861. The fourth-order valence-corrected chi connectivity index (χ4v) is 1.56. The van der Waals surface area contributed by atoms with Crippen molar-refractivity contribution in [2.75, 3.05) is 26.3 Å². The smallest absolute Gasteiger partial charge is 0.0469 e. The second-order valence-electron chi connectivity index (χ2n) is 3.20. The minimum atomic E-state index is 0.861. The quantitative estimate of drug-likeness (QED) is 0.623. The van der Waals surface area contributed by atoms with Crippen LogP contribution in [0.4, 0.5) is 0 Å². The van der Waals surface area contributed by atoms with Crippen molar-refractivity contribution in [2.24, 2.45) is 5.92 Å². The van der Waals surface area contributed by atoms with Gasteiger partial charge in [-0.2, -0.15) is 0 Å². The fourth-order valence-electron chi connectivity index (χ4n) is 1.56. The van der Waals surface area contributed by atoms with E-state index in [9.17, 15) is 0 Å². The van der Waals surface area contributed by atoms with Crippen LogP contribution >= 0.6 is 0 Å². The van der Waals surface area contributed by atoms with Gasteiger partial charge in [0.1, 0.15) is 0 Å². The number of hydrogen-bond donors (Lipinski definition) is 1. The van der Waals surface area contributed by atoms with Crippen molar-refractivity contribution in [3.63, 3.8) is 0 Å². The molecule has 0 aromatic heterocycles. The number of rotatable bonds is 4. The van der Waals surface area contributed by atoms with E-state index in [2.05, 4.69) is 12.2 Å². The van der Waals surface area contributed by atoms with Crippen LogP contribution in [-0.4, -0.2) is 26.3 Å². The van der Waals surface area contributed by atoms with Gasteiger partial charge in [0.15, 0.2) is 0 Å². The zero-order valence-corrected chi connectivity index (χ0v) is 7.44. The molecule has 1 heterocycles. The summed E-state index contributed by atoms with van der Waals surface area (Å²) in [6, 6.07) is 0. The first-order chi connectivity index (χ1) is 5.43. The van der Waals surface area contributed by atoms with Gasteiger partial charge < -0.3 is 10.1 Å². The van der Waals surface area contributed by atoms with E-state index in [1.165, 1.54) is 32.4 Å². The maximum Gasteiger partial charge on any atom is 0.0469 e. The summed E-state index contributed by atoms with van der Waals surface area (Å²) < 4.78 is 5.31. The highest BCUT2D eigenvalue weighted by Gasteiger charge is 2.11. The average molecular weight is 157 g/mol. The van der Waals surface area contributed by atoms with Crippen molar-refractivity contribution < 1.29 is 4.74 Å². The molecule has 11 heavy (non-hydrogen) atoms. The van der Waals surface area contributed by atoms with E-state index >= 15 is 0 Å². The molecule has 1 rings (SSSR count). The molecule has 1 aliphatic rings. The molecule has 0 spiro atoms. The molecule has 1 N–H and O–H groups in total. The average Bonchev–Trinajstić information content (AvgIpc) is 2.07.